The second-order valence-electron chi connectivity index (χ2n) is 4.48. The van der Waals surface area contributed by atoms with Gasteiger partial charge in [-0.2, -0.15) is 0 Å². The van der Waals surface area contributed by atoms with Crippen molar-refractivity contribution in [2.75, 3.05) is 5.32 Å². The third-order valence-electron chi connectivity index (χ3n) is 2.88. The van der Waals surface area contributed by atoms with E-state index < -0.39 is 10.9 Å². The number of carbonyl (C=O) groups is 1. The van der Waals surface area contributed by atoms with Gasteiger partial charge in [0.2, 0.25) is 0 Å². The smallest absolute Gasteiger partial charge is 0.337 e. The molecule has 6 heteroatoms. The van der Waals surface area contributed by atoms with Crippen molar-refractivity contribution in [3.63, 3.8) is 0 Å². The van der Waals surface area contributed by atoms with E-state index in [0.717, 1.165) is 12.8 Å². The van der Waals surface area contributed by atoms with Gasteiger partial charge in [0.05, 0.1) is 16.2 Å². The summed E-state index contributed by atoms with van der Waals surface area (Å²) in [6.07, 6.45) is 1.88. The SMILES string of the molecule is CC1(Nc2cc([N+](=O)[O-])ccc2C(=O)O)CC1. The average Bonchev–Trinajstić information content (AvgIpc) is 2.95. The predicted octanol–water partition coefficient (Wildman–Crippen LogP) is 2.26. The number of nitrogens with zero attached hydrogens (tertiary/aromatic N) is 1. The van der Waals surface area contributed by atoms with E-state index in [9.17, 15) is 14.9 Å². The summed E-state index contributed by atoms with van der Waals surface area (Å²) in [6, 6.07) is 3.73. The van der Waals surface area contributed by atoms with E-state index in [4.69, 9.17) is 5.11 Å². The first-order valence-electron chi connectivity index (χ1n) is 5.21. The summed E-state index contributed by atoms with van der Waals surface area (Å²) in [6.45, 7) is 1.96. The molecule has 1 aromatic rings. The molecule has 1 fully saturated rings. The van der Waals surface area contributed by atoms with E-state index in [0.29, 0.717) is 5.69 Å². The molecule has 1 aliphatic rings. The molecular formula is C11H12N2O4. The first-order valence-corrected chi connectivity index (χ1v) is 5.21. The van der Waals surface area contributed by atoms with Crippen LogP contribution in [-0.2, 0) is 0 Å². The zero-order chi connectivity index (χ0) is 12.6. The number of carboxylic acids is 1. The van der Waals surface area contributed by atoms with Gasteiger partial charge in [-0.05, 0) is 25.8 Å². The van der Waals surface area contributed by atoms with Gasteiger partial charge in [-0.3, -0.25) is 10.1 Å². The van der Waals surface area contributed by atoms with Gasteiger partial charge in [0.15, 0.2) is 0 Å². The summed E-state index contributed by atoms with van der Waals surface area (Å²) >= 11 is 0. The number of nitro benzene ring substituents is 1. The Kier molecular flexibility index (Phi) is 2.49. The van der Waals surface area contributed by atoms with Crippen LogP contribution in [0.5, 0.6) is 0 Å². The topological polar surface area (TPSA) is 92.5 Å². The maximum Gasteiger partial charge on any atom is 0.337 e. The Balaban J connectivity index is 2.39. The van der Waals surface area contributed by atoms with Crippen LogP contribution in [0.15, 0.2) is 18.2 Å². The molecule has 0 spiro atoms. The summed E-state index contributed by atoms with van der Waals surface area (Å²) in [7, 11) is 0. The average molecular weight is 236 g/mol. The van der Waals surface area contributed by atoms with Crippen LogP contribution in [0.25, 0.3) is 0 Å². The molecule has 0 aliphatic heterocycles. The van der Waals surface area contributed by atoms with Crippen LogP contribution in [0.1, 0.15) is 30.1 Å². The fraction of sp³-hybridized carbons (Fsp3) is 0.364. The van der Waals surface area contributed by atoms with Crippen LogP contribution in [0, 0.1) is 10.1 Å². The van der Waals surface area contributed by atoms with Crippen molar-refractivity contribution in [3.05, 3.63) is 33.9 Å². The standard InChI is InChI=1S/C11H12N2O4/c1-11(4-5-11)12-9-6-7(13(16)17)2-3-8(9)10(14)15/h2-3,6,12H,4-5H2,1H3,(H,14,15). The molecular weight excluding hydrogens is 224 g/mol. The Morgan fingerprint density at radius 2 is 2.18 bits per heavy atom. The van der Waals surface area contributed by atoms with Crippen LogP contribution < -0.4 is 5.32 Å². The highest BCUT2D eigenvalue weighted by atomic mass is 16.6. The molecule has 0 heterocycles. The minimum absolute atomic E-state index is 0.0590. The molecule has 0 saturated heterocycles. The summed E-state index contributed by atoms with van der Waals surface area (Å²) < 4.78 is 0. The van der Waals surface area contributed by atoms with Gasteiger partial charge < -0.3 is 10.4 Å². The zero-order valence-corrected chi connectivity index (χ0v) is 9.27. The lowest BCUT2D eigenvalue weighted by Gasteiger charge is -2.14. The minimum atomic E-state index is -1.09. The molecule has 0 aromatic heterocycles. The molecule has 0 bridgehead atoms. The van der Waals surface area contributed by atoms with Crippen LogP contribution in [0.2, 0.25) is 0 Å². The highest BCUT2D eigenvalue weighted by molar-refractivity contribution is 5.95. The number of aromatic carboxylic acids is 1. The number of non-ortho nitro benzene ring substituents is 1. The maximum atomic E-state index is 11.0. The van der Waals surface area contributed by atoms with Crippen molar-refractivity contribution in [1.29, 1.82) is 0 Å². The molecule has 1 saturated carbocycles. The molecule has 2 N–H and O–H groups in total. The third kappa shape index (κ3) is 2.35. The van der Waals surface area contributed by atoms with Crippen molar-refractivity contribution in [1.82, 2.24) is 0 Å². The highest BCUT2D eigenvalue weighted by Gasteiger charge is 2.38. The minimum Gasteiger partial charge on any atom is -0.478 e. The fourth-order valence-corrected chi connectivity index (χ4v) is 1.57. The Hall–Kier alpha value is -2.11. The second-order valence-corrected chi connectivity index (χ2v) is 4.48. The number of anilines is 1. The number of carboxylic acid groups (broad SMARTS) is 1. The molecule has 2 rings (SSSR count). The summed E-state index contributed by atoms with van der Waals surface area (Å²) in [4.78, 5) is 21.1. The van der Waals surface area contributed by atoms with Crippen molar-refractivity contribution < 1.29 is 14.8 Å². The van der Waals surface area contributed by atoms with E-state index in [-0.39, 0.29) is 16.8 Å². The third-order valence-corrected chi connectivity index (χ3v) is 2.88. The lowest BCUT2D eigenvalue weighted by molar-refractivity contribution is -0.384. The molecule has 1 aliphatic carbocycles. The zero-order valence-electron chi connectivity index (χ0n) is 9.27. The number of rotatable bonds is 4. The van der Waals surface area contributed by atoms with Gasteiger partial charge in [-0.1, -0.05) is 0 Å². The molecule has 0 radical (unpaired) electrons. The molecule has 0 unspecified atom stereocenters. The van der Waals surface area contributed by atoms with Crippen LogP contribution in [0.3, 0.4) is 0 Å². The van der Waals surface area contributed by atoms with E-state index in [1.165, 1.54) is 18.2 Å². The van der Waals surface area contributed by atoms with Gasteiger partial charge in [0.25, 0.3) is 5.69 Å². The van der Waals surface area contributed by atoms with Crippen molar-refractivity contribution in [2.24, 2.45) is 0 Å². The Bertz CT molecular complexity index is 494. The molecule has 90 valence electrons. The normalized spacial score (nSPS) is 16.3. The molecule has 6 nitrogen and oxygen atoms in total. The largest absolute Gasteiger partial charge is 0.478 e. The lowest BCUT2D eigenvalue weighted by Crippen LogP contribution is -2.18. The Morgan fingerprint density at radius 1 is 1.53 bits per heavy atom. The van der Waals surface area contributed by atoms with Gasteiger partial charge in [0.1, 0.15) is 0 Å². The molecule has 0 atom stereocenters. The van der Waals surface area contributed by atoms with E-state index >= 15 is 0 Å². The maximum absolute atomic E-state index is 11.0. The second kappa shape index (κ2) is 3.73. The first-order chi connectivity index (χ1) is 7.91. The number of nitro groups is 1. The Morgan fingerprint density at radius 3 is 2.65 bits per heavy atom. The van der Waals surface area contributed by atoms with Gasteiger partial charge >= 0.3 is 5.97 Å². The van der Waals surface area contributed by atoms with Gasteiger partial charge in [-0.25, -0.2) is 4.79 Å². The molecule has 17 heavy (non-hydrogen) atoms. The van der Waals surface area contributed by atoms with Gasteiger partial charge in [-0.15, -0.1) is 0 Å². The van der Waals surface area contributed by atoms with E-state index in [1.807, 2.05) is 6.92 Å². The number of benzene rings is 1. The van der Waals surface area contributed by atoms with E-state index in [2.05, 4.69) is 5.32 Å². The number of hydrogen-bond acceptors (Lipinski definition) is 4. The van der Waals surface area contributed by atoms with Gasteiger partial charge in [0, 0.05) is 17.7 Å². The fourth-order valence-electron chi connectivity index (χ4n) is 1.57. The van der Waals surface area contributed by atoms with Crippen LogP contribution >= 0.6 is 0 Å². The molecule has 0 amide bonds. The van der Waals surface area contributed by atoms with Crippen molar-refractivity contribution in [2.45, 2.75) is 25.3 Å². The highest BCUT2D eigenvalue weighted by Crippen LogP contribution is 2.39. The quantitative estimate of drug-likeness (QED) is 0.617. The lowest BCUT2D eigenvalue weighted by atomic mass is 10.1. The van der Waals surface area contributed by atoms with Crippen molar-refractivity contribution in [3.8, 4) is 0 Å². The number of hydrogen-bond donors (Lipinski definition) is 2. The summed E-state index contributed by atoms with van der Waals surface area (Å²) in [5, 5.41) is 22.7. The van der Waals surface area contributed by atoms with Crippen molar-refractivity contribution >= 4 is 17.3 Å². The monoisotopic (exact) mass is 236 g/mol. The van der Waals surface area contributed by atoms with Crippen LogP contribution in [-0.4, -0.2) is 21.5 Å². The number of nitrogens with one attached hydrogen (secondary N) is 1. The summed E-state index contributed by atoms with van der Waals surface area (Å²) in [5.41, 5.74) is 0.136. The first kappa shape index (κ1) is 11.4. The Labute approximate surface area is 97.4 Å². The summed E-state index contributed by atoms with van der Waals surface area (Å²) in [5.74, 6) is -1.09. The predicted molar refractivity (Wildman–Crippen MR) is 61.3 cm³/mol. The van der Waals surface area contributed by atoms with E-state index in [1.54, 1.807) is 0 Å². The van der Waals surface area contributed by atoms with Crippen LogP contribution in [0.4, 0.5) is 11.4 Å². The molecule has 1 aromatic carbocycles.